The van der Waals surface area contributed by atoms with Crippen LogP contribution in [0.3, 0.4) is 0 Å². The van der Waals surface area contributed by atoms with Gasteiger partial charge in [-0.05, 0) is 67.3 Å². The molecule has 0 aromatic heterocycles. The van der Waals surface area contributed by atoms with Gasteiger partial charge in [0.1, 0.15) is 5.75 Å². The topological polar surface area (TPSA) is 61.4 Å². The van der Waals surface area contributed by atoms with Crippen LogP contribution in [0.4, 0.5) is 11.4 Å². The fourth-order valence-corrected chi connectivity index (χ4v) is 2.65. The van der Waals surface area contributed by atoms with Gasteiger partial charge in [-0.25, -0.2) is 0 Å². The Hall–Kier alpha value is -2.49. The molecular formula is C17H18N2O2. The van der Waals surface area contributed by atoms with Crippen molar-refractivity contribution in [3.63, 3.8) is 0 Å². The molecule has 0 unspecified atom stereocenters. The molecule has 1 amide bonds. The minimum atomic E-state index is -0.156. The number of aryl methyl sites for hydroxylation is 2. The lowest BCUT2D eigenvalue weighted by atomic mass is 10.0. The Bertz CT molecular complexity index is 695. The zero-order valence-corrected chi connectivity index (χ0v) is 11.9. The number of rotatable bonds is 2. The van der Waals surface area contributed by atoms with E-state index >= 15 is 0 Å². The standard InChI is InChI=1S/C17H18N2O2/c1-11-9-14(20)5-6-15(11)17(21)19-13-4-7-16-12(10-13)3-2-8-18-16/h4-7,9-10,18,20H,2-3,8H2,1H3,(H,19,21). The summed E-state index contributed by atoms with van der Waals surface area (Å²) in [6.07, 6.45) is 2.14. The Morgan fingerprint density at radius 2 is 2.10 bits per heavy atom. The van der Waals surface area contributed by atoms with Crippen molar-refractivity contribution in [3.05, 3.63) is 53.1 Å². The SMILES string of the molecule is Cc1cc(O)ccc1C(=O)Nc1ccc2c(c1)CCCN2. The molecule has 0 aliphatic carbocycles. The van der Waals surface area contributed by atoms with Crippen LogP contribution in [0.1, 0.15) is 27.9 Å². The first-order valence-corrected chi connectivity index (χ1v) is 7.11. The van der Waals surface area contributed by atoms with Crippen LogP contribution in [-0.4, -0.2) is 17.6 Å². The maximum atomic E-state index is 12.3. The molecule has 4 nitrogen and oxygen atoms in total. The number of carbonyl (C=O) groups excluding carboxylic acids is 1. The van der Waals surface area contributed by atoms with Crippen molar-refractivity contribution in [2.45, 2.75) is 19.8 Å². The lowest BCUT2D eigenvalue weighted by Crippen LogP contribution is -2.15. The van der Waals surface area contributed by atoms with Crippen molar-refractivity contribution in [1.82, 2.24) is 0 Å². The van der Waals surface area contributed by atoms with Crippen molar-refractivity contribution in [3.8, 4) is 5.75 Å². The van der Waals surface area contributed by atoms with Crippen LogP contribution in [0, 0.1) is 6.92 Å². The van der Waals surface area contributed by atoms with Crippen molar-refractivity contribution >= 4 is 17.3 Å². The van der Waals surface area contributed by atoms with E-state index in [1.165, 1.54) is 11.6 Å². The molecule has 0 radical (unpaired) electrons. The largest absolute Gasteiger partial charge is 0.508 e. The molecule has 1 heterocycles. The molecule has 0 saturated heterocycles. The summed E-state index contributed by atoms with van der Waals surface area (Å²) in [5.41, 5.74) is 4.52. The Kier molecular flexibility index (Phi) is 3.52. The average Bonchev–Trinajstić information content (AvgIpc) is 2.47. The monoisotopic (exact) mass is 282 g/mol. The number of anilines is 2. The summed E-state index contributed by atoms with van der Waals surface area (Å²) in [4.78, 5) is 12.3. The Morgan fingerprint density at radius 3 is 2.90 bits per heavy atom. The molecule has 0 bridgehead atoms. The van der Waals surface area contributed by atoms with Crippen molar-refractivity contribution in [2.75, 3.05) is 17.2 Å². The van der Waals surface area contributed by atoms with Gasteiger partial charge in [0, 0.05) is 23.5 Å². The Balaban J connectivity index is 1.81. The molecule has 21 heavy (non-hydrogen) atoms. The lowest BCUT2D eigenvalue weighted by molar-refractivity contribution is 0.102. The number of nitrogens with one attached hydrogen (secondary N) is 2. The van der Waals surface area contributed by atoms with Crippen LogP contribution < -0.4 is 10.6 Å². The summed E-state index contributed by atoms with van der Waals surface area (Å²) in [5.74, 6) is 0.0140. The van der Waals surface area contributed by atoms with Crippen LogP contribution in [0.25, 0.3) is 0 Å². The van der Waals surface area contributed by atoms with Crippen LogP contribution in [0.15, 0.2) is 36.4 Å². The minimum absolute atomic E-state index is 0.156. The summed E-state index contributed by atoms with van der Waals surface area (Å²) in [7, 11) is 0. The van der Waals surface area contributed by atoms with Gasteiger partial charge in [0.15, 0.2) is 0 Å². The number of phenols is 1. The molecule has 1 aliphatic heterocycles. The molecule has 1 aliphatic rings. The maximum Gasteiger partial charge on any atom is 0.255 e. The quantitative estimate of drug-likeness (QED) is 0.792. The van der Waals surface area contributed by atoms with E-state index in [0.29, 0.717) is 5.56 Å². The van der Waals surface area contributed by atoms with Crippen molar-refractivity contribution < 1.29 is 9.90 Å². The summed E-state index contributed by atoms with van der Waals surface area (Å²) in [5, 5.41) is 15.7. The fraction of sp³-hybridized carbons (Fsp3) is 0.235. The number of amides is 1. The molecule has 2 aromatic carbocycles. The normalized spacial score (nSPS) is 13.2. The van der Waals surface area contributed by atoms with E-state index in [9.17, 15) is 9.90 Å². The smallest absolute Gasteiger partial charge is 0.255 e. The summed E-state index contributed by atoms with van der Waals surface area (Å²) < 4.78 is 0. The third kappa shape index (κ3) is 2.84. The van der Waals surface area contributed by atoms with E-state index in [-0.39, 0.29) is 11.7 Å². The highest BCUT2D eigenvalue weighted by Crippen LogP contribution is 2.25. The third-order valence-electron chi connectivity index (χ3n) is 3.76. The van der Waals surface area contributed by atoms with Crippen LogP contribution in [-0.2, 0) is 6.42 Å². The van der Waals surface area contributed by atoms with Crippen LogP contribution in [0.2, 0.25) is 0 Å². The summed E-state index contributed by atoms with van der Waals surface area (Å²) >= 11 is 0. The first-order valence-electron chi connectivity index (χ1n) is 7.11. The second-order valence-corrected chi connectivity index (χ2v) is 5.36. The molecule has 3 rings (SSSR count). The molecule has 3 N–H and O–H groups in total. The number of hydrogen-bond acceptors (Lipinski definition) is 3. The summed E-state index contributed by atoms with van der Waals surface area (Å²) in [6.45, 7) is 2.82. The predicted molar refractivity (Wildman–Crippen MR) is 84.0 cm³/mol. The number of benzene rings is 2. The molecule has 0 fully saturated rings. The van der Waals surface area contributed by atoms with E-state index in [1.807, 2.05) is 25.1 Å². The van der Waals surface area contributed by atoms with E-state index < -0.39 is 0 Å². The molecule has 2 aromatic rings. The van der Waals surface area contributed by atoms with Crippen molar-refractivity contribution in [2.24, 2.45) is 0 Å². The maximum absolute atomic E-state index is 12.3. The molecule has 0 atom stereocenters. The van der Waals surface area contributed by atoms with Gasteiger partial charge < -0.3 is 15.7 Å². The Labute approximate surface area is 123 Å². The Morgan fingerprint density at radius 1 is 1.24 bits per heavy atom. The zero-order chi connectivity index (χ0) is 14.8. The fourth-order valence-electron chi connectivity index (χ4n) is 2.65. The van der Waals surface area contributed by atoms with Crippen molar-refractivity contribution in [1.29, 1.82) is 0 Å². The molecule has 108 valence electrons. The highest BCUT2D eigenvalue weighted by molar-refractivity contribution is 6.05. The van der Waals surface area contributed by atoms with Gasteiger partial charge in [-0.2, -0.15) is 0 Å². The van der Waals surface area contributed by atoms with Gasteiger partial charge in [-0.3, -0.25) is 4.79 Å². The van der Waals surface area contributed by atoms with E-state index in [0.717, 1.165) is 36.3 Å². The highest BCUT2D eigenvalue weighted by Gasteiger charge is 2.12. The average molecular weight is 282 g/mol. The van der Waals surface area contributed by atoms with E-state index in [1.54, 1.807) is 12.1 Å². The highest BCUT2D eigenvalue weighted by atomic mass is 16.3. The van der Waals surface area contributed by atoms with E-state index in [4.69, 9.17) is 0 Å². The minimum Gasteiger partial charge on any atom is -0.508 e. The zero-order valence-electron chi connectivity index (χ0n) is 11.9. The first-order chi connectivity index (χ1) is 10.1. The van der Waals surface area contributed by atoms with Gasteiger partial charge in [-0.1, -0.05) is 0 Å². The van der Waals surface area contributed by atoms with Gasteiger partial charge in [-0.15, -0.1) is 0 Å². The first kappa shape index (κ1) is 13.5. The van der Waals surface area contributed by atoms with Crippen LogP contribution in [0.5, 0.6) is 5.75 Å². The van der Waals surface area contributed by atoms with Crippen LogP contribution >= 0.6 is 0 Å². The number of hydrogen-bond donors (Lipinski definition) is 3. The predicted octanol–water partition coefficient (Wildman–Crippen LogP) is 3.31. The van der Waals surface area contributed by atoms with Gasteiger partial charge in [0.2, 0.25) is 0 Å². The molecule has 0 spiro atoms. The molecular weight excluding hydrogens is 264 g/mol. The summed E-state index contributed by atoms with van der Waals surface area (Å²) in [6, 6.07) is 10.7. The van der Waals surface area contributed by atoms with E-state index in [2.05, 4.69) is 10.6 Å². The number of aromatic hydroxyl groups is 1. The lowest BCUT2D eigenvalue weighted by Gasteiger charge is -2.19. The van der Waals surface area contributed by atoms with Gasteiger partial charge in [0.25, 0.3) is 5.91 Å². The number of fused-ring (bicyclic) bond motifs is 1. The van der Waals surface area contributed by atoms with Gasteiger partial charge in [0.05, 0.1) is 0 Å². The number of carbonyl (C=O) groups is 1. The molecule has 4 heteroatoms. The van der Waals surface area contributed by atoms with Gasteiger partial charge >= 0.3 is 0 Å². The third-order valence-corrected chi connectivity index (χ3v) is 3.76. The second kappa shape index (κ2) is 5.48. The number of phenolic OH excluding ortho intramolecular Hbond substituents is 1. The molecule has 0 saturated carbocycles. The second-order valence-electron chi connectivity index (χ2n) is 5.36.